The molecule has 6 nitrogen and oxygen atoms in total. The first-order valence-corrected chi connectivity index (χ1v) is 10.4. The molecule has 0 aromatic heterocycles. The number of rotatable bonds is 8. The Morgan fingerprint density at radius 1 is 0.900 bits per heavy atom. The van der Waals surface area contributed by atoms with Crippen molar-refractivity contribution in [1.29, 1.82) is 0 Å². The first-order valence-electron chi connectivity index (χ1n) is 9.27. The molecule has 0 unspecified atom stereocenters. The molecule has 7 heteroatoms. The van der Waals surface area contributed by atoms with Gasteiger partial charge >= 0.3 is 0 Å². The lowest BCUT2D eigenvalue weighted by atomic mass is 10.1. The second-order valence-corrected chi connectivity index (χ2v) is 7.34. The van der Waals surface area contributed by atoms with Gasteiger partial charge in [0.1, 0.15) is 17.2 Å². The topological polar surface area (TPSA) is 66.0 Å². The van der Waals surface area contributed by atoms with Gasteiger partial charge in [0.25, 0.3) is 5.91 Å². The third kappa shape index (κ3) is 5.35. The van der Waals surface area contributed by atoms with Gasteiger partial charge in [-0.05, 0) is 90.2 Å². The number of benzene rings is 3. The quantitative estimate of drug-likeness (QED) is 0.384. The zero-order chi connectivity index (χ0) is 21.5. The summed E-state index contributed by atoms with van der Waals surface area (Å²) in [5.41, 5.74) is 1.15. The molecule has 0 atom stereocenters. The fraction of sp³-hybridized carbons (Fsp3) is 0.174. The van der Waals surface area contributed by atoms with Crippen LogP contribution in [0.5, 0.6) is 28.7 Å². The molecule has 1 amide bonds. The van der Waals surface area contributed by atoms with Gasteiger partial charge in [-0.1, -0.05) is 0 Å². The van der Waals surface area contributed by atoms with Crippen LogP contribution in [0.3, 0.4) is 0 Å². The second kappa shape index (κ2) is 10.2. The van der Waals surface area contributed by atoms with Gasteiger partial charge in [0.2, 0.25) is 0 Å². The predicted molar refractivity (Wildman–Crippen MR) is 124 cm³/mol. The van der Waals surface area contributed by atoms with Crippen LogP contribution in [0.15, 0.2) is 60.7 Å². The molecule has 0 spiro atoms. The lowest BCUT2D eigenvalue weighted by Crippen LogP contribution is -2.13. The number of anilines is 1. The highest BCUT2D eigenvalue weighted by atomic mass is 127. The number of methoxy groups -OCH3 is 2. The van der Waals surface area contributed by atoms with Crippen molar-refractivity contribution < 1.29 is 23.7 Å². The first-order chi connectivity index (χ1) is 14.5. The van der Waals surface area contributed by atoms with Crippen molar-refractivity contribution >= 4 is 34.2 Å². The van der Waals surface area contributed by atoms with Crippen molar-refractivity contribution in [3.05, 3.63) is 69.8 Å². The molecule has 0 bridgehead atoms. The highest BCUT2D eigenvalue weighted by molar-refractivity contribution is 14.1. The van der Waals surface area contributed by atoms with Crippen molar-refractivity contribution in [2.24, 2.45) is 0 Å². The molecule has 0 saturated carbocycles. The van der Waals surface area contributed by atoms with Gasteiger partial charge in [0, 0.05) is 11.3 Å². The largest absolute Gasteiger partial charge is 0.497 e. The summed E-state index contributed by atoms with van der Waals surface area (Å²) in [6.07, 6.45) is 0. The van der Waals surface area contributed by atoms with E-state index in [0.29, 0.717) is 40.9 Å². The Morgan fingerprint density at radius 2 is 1.50 bits per heavy atom. The summed E-state index contributed by atoms with van der Waals surface area (Å²) in [6, 6.07) is 17.9. The number of ether oxygens (including phenoxy) is 4. The third-order valence-corrected chi connectivity index (χ3v) is 4.98. The maximum absolute atomic E-state index is 12.7. The molecule has 3 aromatic carbocycles. The molecule has 30 heavy (non-hydrogen) atoms. The minimum Gasteiger partial charge on any atom is -0.497 e. The van der Waals surface area contributed by atoms with Crippen molar-refractivity contribution in [2.75, 3.05) is 26.1 Å². The lowest BCUT2D eigenvalue weighted by molar-refractivity contribution is 0.102. The summed E-state index contributed by atoms with van der Waals surface area (Å²) in [7, 11) is 3.20. The SMILES string of the molecule is CCOc1cc(C(=O)Nc2ccc(Oc3ccc(OC)cc3)cc2)cc(I)c1OC. The number of halogens is 1. The van der Waals surface area contributed by atoms with Crippen LogP contribution in [-0.2, 0) is 0 Å². The molecule has 3 rings (SSSR count). The molecule has 0 radical (unpaired) electrons. The molecule has 1 N–H and O–H groups in total. The van der Waals surface area contributed by atoms with Crippen LogP contribution in [0.4, 0.5) is 5.69 Å². The summed E-state index contributed by atoms with van der Waals surface area (Å²) < 4.78 is 22.7. The Kier molecular flexibility index (Phi) is 7.40. The van der Waals surface area contributed by atoms with E-state index in [1.54, 1.807) is 50.6 Å². The van der Waals surface area contributed by atoms with E-state index in [2.05, 4.69) is 27.9 Å². The van der Waals surface area contributed by atoms with Gasteiger partial charge in [-0.25, -0.2) is 0 Å². The van der Waals surface area contributed by atoms with E-state index in [0.717, 1.165) is 9.32 Å². The van der Waals surface area contributed by atoms with Crippen LogP contribution in [-0.4, -0.2) is 26.7 Å². The maximum Gasteiger partial charge on any atom is 0.255 e. The van der Waals surface area contributed by atoms with Gasteiger partial charge in [0.05, 0.1) is 24.4 Å². The van der Waals surface area contributed by atoms with E-state index in [9.17, 15) is 4.79 Å². The maximum atomic E-state index is 12.7. The molecule has 156 valence electrons. The fourth-order valence-corrected chi connectivity index (χ4v) is 3.57. The van der Waals surface area contributed by atoms with E-state index in [1.165, 1.54) is 0 Å². The number of hydrogen-bond acceptors (Lipinski definition) is 5. The lowest BCUT2D eigenvalue weighted by Gasteiger charge is -2.13. The van der Waals surface area contributed by atoms with Gasteiger partial charge in [-0.3, -0.25) is 4.79 Å². The monoisotopic (exact) mass is 519 g/mol. The van der Waals surface area contributed by atoms with E-state index < -0.39 is 0 Å². The van der Waals surface area contributed by atoms with Crippen molar-refractivity contribution in [3.8, 4) is 28.7 Å². The molecule has 0 aliphatic carbocycles. The molecule has 0 aliphatic heterocycles. The zero-order valence-electron chi connectivity index (χ0n) is 16.9. The van der Waals surface area contributed by atoms with Crippen LogP contribution >= 0.6 is 22.6 Å². The summed E-state index contributed by atoms with van der Waals surface area (Å²) in [5.74, 6) is 3.05. The van der Waals surface area contributed by atoms with Crippen molar-refractivity contribution in [1.82, 2.24) is 0 Å². The minimum absolute atomic E-state index is 0.236. The molecule has 0 heterocycles. The van der Waals surface area contributed by atoms with Gasteiger partial charge < -0.3 is 24.3 Å². The van der Waals surface area contributed by atoms with Gasteiger partial charge in [-0.15, -0.1) is 0 Å². The number of carbonyl (C=O) groups is 1. The highest BCUT2D eigenvalue weighted by Gasteiger charge is 2.15. The van der Waals surface area contributed by atoms with Crippen LogP contribution in [0.2, 0.25) is 0 Å². The Balaban J connectivity index is 1.69. The minimum atomic E-state index is -0.236. The molecule has 0 aliphatic rings. The average Bonchev–Trinajstić information content (AvgIpc) is 2.75. The van der Waals surface area contributed by atoms with E-state index in [-0.39, 0.29) is 5.91 Å². The number of hydrogen-bond donors (Lipinski definition) is 1. The van der Waals surface area contributed by atoms with Crippen LogP contribution in [0.1, 0.15) is 17.3 Å². The summed E-state index contributed by atoms with van der Waals surface area (Å²) in [6.45, 7) is 2.36. The van der Waals surface area contributed by atoms with Crippen LogP contribution in [0, 0.1) is 3.57 Å². The van der Waals surface area contributed by atoms with Gasteiger partial charge in [-0.2, -0.15) is 0 Å². The Bertz CT molecular complexity index is 1000. The second-order valence-electron chi connectivity index (χ2n) is 6.18. The molecule has 0 saturated heterocycles. The molecule has 3 aromatic rings. The number of nitrogens with one attached hydrogen (secondary N) is 1. The molecule has 0 fully saturated rings. The van der Waals surface area contributed by atoms with E-state index >= 15 is 0 Å². The van der Waals surface area contributed by atoms with E-state index in [1.807, 2.05) is 31.2 Å². The average molecular weight is 519 g/mol. The summed E-state index contributed by atoms with van der Waals surface area (Å²) >= 11 is 2.13. The molecular weight excluding hydrogens is 497 g/mol. The van der Waals surface area contributed by atoms with E-state index in [4.69, 9.17) is 18.9 Å². The standard InChI is InChI=1S/C23H22INO5/c1-4-29-21-14-15(13-20(24)22(21)28-3)23(26)25-16-5-7-18(8-6-16)30-19-11-9-17(27-2)10-12-19/h5-14H,4H2,1-3H3,(H,25,26). The van der Waals surface area contributed by atoms with Crippen molar-refractivity contribution in [3.63, 3.8) is 0 Å². The summed E-state index contributed by atoms with van der Waals surface area (Å²) in [5, 5.41) is 2.89. The Labute approximate surface area is 189 Å². The smallest absolute Gasteiger partial charge is 0.255 e. The van der Waals surface area contributed by atoms with Crippen molar-refractivity contribution in [2.45, 2.75) is 6.92 Å². The number of carbonyl (C=O) groups excluding carboxylic acids is 1. The zero-order valence-corrected chi connectivity index (χ0v) is 19.1. The Morgan fingerprint density at radius 3 is 2.07 bits per heavy atom. The van der Waals surface area contributed by atoms with Crippen LogP contribution < -0.4 is 24.3 Å². The normalized spacial score (nSPS) is 10.3. The third-order valence-electron chi connectivity index (χ3n) is 4.18. The Hall–Kier alpha value is -2.94. The summed E-state index contributed by atoms with van der Waals surface area (Å²) in [4.78, 5) is 12.7. The van der Waals surface area contributed by atoms with Crippen LogP contribution in [0.25, 0.3) is 0 Å². The number of amides is 1. The first kappa shape index (κ1) is 21.8. The highest BCUT2D eigenvalue weighted by Crippen LogP contribution is 2.34. The fourth-order valence-electron chi connectivity index (χ4n) is 2.75. The van der Waals surface area contributed by atoms with Gasteiger partial charge in [0.15, 0.2) is 11.5 Å². The predicted octanol–water partition coefficient (Wildman–Crippen LogP) is 5.75. The molecular formula is C23H22INO5.